The van der Waals surface area contributed by atoms with Crippen LogP contribution in [-0.4, -0.2) is 37.1 Å². The summed E-state index contributed by atoms with van der Waals surface area (Å²) in [6.07, 6.45) is 2.71. The van der Waals surface area contributed by atoms with Crippen LogP contribution in [0, 0.1) is 0 Å². The van der Waals surface area contributed by atoms with Gasteiger partial charge in [0.05, 0.1) is 0 Å². The van der Waals surface area contributed by atoms with Crippen LogP contribution < -0.4 is 4.90 Å². The highest BCUT2D eigenvalue weighted by Crippen LogP contribution is 2.30. The van der Waals surface area contributed by atoms with E-state index in [-0.39, 0.29) is 0 Å². The summed E-state index contributed by atoms with van der Waals surface area (Å²) in [6, 6.07) is 7.17. The largest absolute Gasteiger partial charge is 0.368 e. The van der Waals surface area contributed by atoms with Crippen LogP contribution in [0.2, 0.25) is 0 Å². The monoisotopic (exact) mass is 328 g/mol. The van der Waals surface area contributed by atoms with Crippen molar-refractivity contribution in [1.82, 2.24) is 4.90 Å². The summed E-state index contributed by atoms with van der Waals surface area (Å²) >= 11 is 9.63. The molecule has 0 radical (unpaired) electrons. The minimum Gasteiger partial charge on any atom is -0.368 e. The SMILES string of the molecule is ClCc1ccc(Br)cc1N1CCN2CCCC2C1. The Morgan fingerprint density at radius 3 is 3.00 bits per heavy atom. The number of piperazine rings is 1. The van der Waals surface area contributed by atoms with E-state index in [4.69, 9.17) is 11.6 Å². The number of alkyl halides is 1. The Hall–Kier alpha value is -0.250. The van der Waals surface area contributed by atoms with Gasteiger partial charge in [-0.25, -0.2) is 0 Å². The molecule has 1 atom stereocenters. The van der Waals surface area contributed by atoms with Gasteiger partial charge in [0.25, 0.3) is 0 Å². The molecule has 18 heavy (non-hydrogen) atoms. The molecule has 98 valence electrons. The van der Waals surface area contributed by atoms with Gasteiger partial charge in [-0.3, -0.25) is 4.90 Å². The molecule has 2 heterocycles. The lowest BCUT2D eigenvalue weighted by Gasteiger charge is -2.39. The van der Waals surface area contributed by atoms with Crippen LogP contribution in [0.25, 0.3) is 0 Å². The number of hydrogen-bond donors (Lipinski definition) is 0. The fraction of sp³-hybridized carbons (Fsp3) is 0.571. The zero-order valence-corrected chi connectivity index (χ0v) is 12.8. The highest BCUT2D eigenvalue weighted by molar-refractivity contribution is 9.10. The third kappa shape index (κ3) is 2.40. The fourth-order valence-electron chi connectivity index (χ4n) is 3.15. The van der Waals surface area contributed by atoms with Gasteiger partial charge in [-0.2, -0.15) is 0 Å². The molecular weight excluding hydrogens is 312 g/mol. The third-order valence-electron chi connectivity index (χ3n) is 4.12. The Morgan fingerprint density at radius 2 is 2.17 bits per heavy atom. The van der Waals surface area contributed by atoms with Gasteiger partial charge in [0.2, 0.25) is 0 Å². The van der Waals surface area contributed by atoms with E-state index in [2.05, 4.69) is 43.9 Å². The van der Waals surface area contributed by atoms with Gasteiger partial charge >= 0.3 is 0 Å². The summed E-state index contributed by atoms with van der Waals surface area (Å²) in [4.78, 5) is 5.14. The number of halogens is 2. The zero-order chi connectivity index (χ0) is 12.5. The van der Waals surface area contributed by atoms with Crippen molar-refractivity contribution in [3.63, 3.8) is 0 Å². The molecule has 0 spiro atoms. The Balaban J connectivity index is 1.84. The molecule has 0 aromatic heterocycles. The van der Waals surface area contributed by atoms with E-state index in [0.717, 1.165) is 23.6 Å². The first-order chi connectivity index (χ1) is 8.78. The lowest BCUT2D eigenvalue weighted by atomic mass is 10.1. The molecule has 4 heteroatoms. The Kier molecular flexibility index (Phi) is 3.83. The first-order valence-corrected chi connectivity index (χ1v) is 7.94. The zero-order valence-electron chi connectivity index (χ0n) is 10.4. The standard InChI is InChI=1S/C14H18BrClN2/c15-12-4-3-11(9-16)14(8-12)18-7-6-17-5-1-2-13(17)10-18/h3-4,8,13H,1-2,5-7,9-10H2. The summed E-state index contributed by atoms with van der Waals surface area (Å²) in [5.41, 5.74) is 2.55. The highest BCUT2D eigenvalue weighted by atomic mass is 79.9. The molecule has 1 aromatic rings. The summed E-state index contributed by atoms with van der Waals surface area (Å²) < 4.78 is 1.14. The summed E-state index contributed by atoms with van der Waals surface area (Å²) in [6.45, 7) is 4.76. The van der Waals surface area contributed by atoms with Crippen molar-refractivity contribution in [3.05, 3.63) is 28.2 Å². The van der Waals surface area contributed by atoms with Gasteiger partial charge in [0.15, 0.2) is 0 Å². The van der Waals surface area contributed by atoms with E-state index >= 15 is 0 Å². The maximum absolute atomic E-state index is 6.06. The highest BCUT2D eigenvalue weighted by Gasteiger charge is 2.31. The van der Waals surface area contributed by atoms with Crippen molar-refractivity contribution in [1.29, 1.82) is 0 Å². The number of nitrogens with zero attached hydrogens (tertiary/aromatic N) is 2. The van der Waals surface area contributed by atoms with Gasteiger partial charge in [-0.1, -0.05) is 22.0 Å². The van der Waals surface area contributed by atoms with Crippen molar-refractivity contribution in [2.75, 3.05) is 31.1 Å². The molecule has 2 fully saturated rings. The van der Waals surface area contributed by atoms with Gasteiger partial charge in [-0.15, -0.1) is 11.6 Å². The minimum absolute atomic E-state index is 0.591. The van der Waals surface area contributed by atoms with E-state index in [1.54, 1.807) is 0 Å². The van der Waals surface area contributed by atoms with Crippen LogP contribution in [0.3, 0.4) is 0 Å². The maximum atomic E-state index is 6.06. The van der Waals surface area contributed by atoms with E-state index in [0.29, 0.717) is 5.88 Å². The molecule has 1 unspecified atom stereocenters. The number of rotatable bonds is 2. The predicted molar refractivity (Wildman–Crippen MR) is 80.5 cm³/mol. The summed E-state index contributed by atoms with van der Waals surface area (Å²) in [7, 11) is 0. The molecule has 0 aliphatic carbocycles. The minimum atomic E-state index is 0.591. The lowest BCUT2D eigenvalue weighted by molar-refractivity contribution is 0.231. The van der Waals surface area contributed by atoms with E-state index in [1.165, 1.54) is 37.2 Å². The van der Waals surface area contributed by atoms with Crippen LogP contribution in [-0.2, 0) is 5.88 Å². The average molecular weight is 330 g/mol. The topological polar surface area (TPSA) is 6.48 Å². The number of hydrogen-bond acceptors (Lipinski definition) is 2. The molecule has 0 saturated carbocycles. The molecule has 3 rings (SSSR count). The third-order valence-corrected chi connectivity index (χ3v) is 4.90. The molecule has 0 N–H and O–H groups in total. The van der Waals surface area contributed by atoms with Gasteiger partial charge < -0.3 is 4.90 Å². The smallest absolute Gasteiger partial charge is 0.0494 e. The van der Waals surface area contributed by atoms with Crippen molar-refractivity contribution in [2.24, 2.45) is 0 Å². The van der Waals surface area contributed by atoms with Crippen molar-refractivity contribution in [2.45, 2.75) is 24.8 Å². The normalized spacial score (nSPS) is 24.3. The summed E-state index contributed by atoms with van der Waals surface area (Å²) in [5.74, 6) is 0.591. The molecule has 0 amide bonds. The second kappa shape index (κ2) is 5.40. The molecular formula is C14H18BrClN2. The van der Waals surface area contributed by atoms with Crippen molar-refractivity contribution < 1.29 is 0 Å². The van der Waals surface area contributed by atoms with Gasteiger partial charge in [-0.05, 0) is 37.1 Å². The number of anilines is 1. The quantitative estimate of drug-likeness (QED) is 0.767. The van der Waals surface area contributed by atoms with Crippen molar-refractivity contribution >= 4 is 33.2 Å². The van der Waals surface area contributed by atoms with E-state index < -0.39 is 0 Å². The molecule has 0 bridgehead atoms. The number of fused-ring (bicyclic) bond motifs is 1. The van der Waals surface area contributed by atoms with E-state index in [1.807, 2.05) is 0 Å². The van der Waals surface area contributed by atoms with Crippen LogP contribution in [0.15, 0.2) is 22.7 Å². The van der Waals surface area contributed by atoms with Gasteiger partial charge in [0.1, 0.15) is 0 Å². The maximum Gasteiger partial charge on any atom is 0.0494 e. The Morgan fingerprint density at radius 1 is 1.28 bits per heavy atom. The molecule has 1 aromatic carbocycles. The molecule has 2 saturated heterocycles. The fourth-order valence-corrected chi connectivity index (χ4v) is 3.73. The molecule has 2 nitrogen and oxygen atoms in total. The van der Waals surface area contributed by atoms with Crippen LogP contribution in [0.1, 0.15) is 18.4 Å². The van der Waals surface area contributed by atoms with Gasteiger partial charge in [0, 0.05) is 41.7 Å². The average Bonchev–Trinajstić information content (AvgIpc) is 2.85. The number of benzene rings is 1. The Labute approximate surface area is 122 Å². The summed E-state index contributed by atoms with van der Waals surface area (Å²) in [5, 5.41) is 0. The molecule has 2 aliphatic heterocycles. The molecule has 2 aliphatic rings. The van der Waals surface area contributed by atoms with Crippen LogP contribution in [0.4, 0.5) is 5.69 Å². The first-order valence-electron chi connectivity index (χ1n) is 6.61. The second-order valence-corrected chi connectivity index (χ2v) is 6.37. The lowest BCUT2D eigenvalue weighted by Crippen LogP contribution is -2.50. The predicted octanol–water partition coefficient (Wildman–Crippen LogP) is 3.47. The van der Waals surface area contributed by atoms with Crippen LogP contribution in [0.5, 0.6) is 0 Å². The van der Waals surface area contributed by atoms with Crippen LogP contribution >= 0.6 is 27.5 Å². The first kappa shape index (κ1) is 12.8. The second-order valence-electron chi connectivity index (χ2n) is 5.18. The Bertz CT molecular complexity index is 438. The van der Waals surface area contributed by atoms with E-state index in [9.17, 15) is 0 Å². The van der Waals surface area contributed by atoms with Crippen molar-refractivity contribution in [3.8, 4) is 0 Å².